The van der Waals surface area contributed by atoms with Gasteiger partial charge in [-0.2, -0.15) is 0 Å². The number of amides is 1. The first-order chi connectivity index (χ1) is 7.29. The van der Waals surface area contributed by atoms with E-state index in [4.69, 9.17) is 16.3 Å². The SMILES string of the molecule is Cc1ncnc(Cl)c1NC(=O)OC(C)(C)C. The molecule has 0 spiro atoms. The van der Waals surface area contributed by atoms with Crippen molar-refractivity contribution < 1.29 is 9.53 Å². The van der Waals surface area contributed by atoms with Gasteiger partial charge in [-0.25, -0.2) is 14.8 Å². The molecule has 0 aliphatic carbocycles. The van der Waals surface area contributed by atoms with Gasteiger partial charge in [-0.1, -0.05) is 11.6 Å². The number of aryl methyl sites for hydroxylation is 1. The molecule has 88 valence electrons. The molecule has 0 unspecified atom stereocenters. The summed E-state index contributed by atoms with van der Waals surface area (Å²) in [4.78, 5) is 19.2. The van der Waals surface area contributed by atoms with Crippen molar-refractivity contribution in [2.24, 2.45) is 0 Å². The van der Waals surface area contributed by atoms with Gasteiger partial charge in [-0.05, 0) is 27.7 Å². The van der Waals surface area contributed by atoms with Gasteiger partial charge in [0.25, 0.3) is 0 Å². The minimum Gasteiger partial charge on any atom is -0.444 e. The number of hydrogen-bond donors (Lipinski definition) is 1. The highest BCUT2D eigenvalue weighted by atomic mass is 35.5. The van der Waals surface area contributed by atoms with Gasteiger partial charge in [0.1, 0.15) is 17.6 Å². The van der Waals surface area contributed by atoms with Crippen molar-refractivity contribution in [1.82, 2.24) is 9.97 Å². The Morgan fingerprint density at radius 1 is 1.44 bits per heavy atom. The number of hydrogen-bond acceptors (Lipinski definition) is 4. The predicted octanol–water partition coefficient (Wildman–Crippen LogP) is 2.79. The first-order valence-electron chi connectivity index (χ1n) is 4.76. The molecule has 0 bridgehead atoms. The third kappa shape index (κ3) is 3.66. The second-order valence-corrected chi connectivity index (χ2v) is 4.61. The molecule has 0 aliphatic rings. The lowest BCUT2D eigenvalue weighted by molar-refractivity contribution is 0.0635. The lowest BCUT2D eigenvalue weighted by Crippen LogP contribution is -2.27. The van der Waals surface area contributed by atoms with E-state index in [1.807, 2.05) is 0 Å². The fraction of sp³-hybridized carbons (Fsp3) is 0.500. The van der Waals surface area contributed by atoms with Crippen molar-refractivity contribution in [3.05, 3.63) is 17.2 Å². The van der Waals surface area contributed by atoms with Crippen molar-refractivity contribution >= 4 is 23.4 Å². The Balaban J connectivity index is 2.78. The molecule has 1 heterocycles. The number of halogens is 1. The van der Waals surface area contributed by atoms with Gasteiger partial charge in [-0.3, -0.25) is 5.32 Å². The van der Waals surface area contributed by atoms with E-state index >= 15 is 0 Å². The number of nitrogens with zero attached hydrogens (tertiary/aromatic N) is 2. The van der Waals surface area contributed by atoms with Gasteiger partial charge < -0.3 is 4.74 Å². The summed E-state index contributed by atoms with van der Waals surface area (Å²) in [5, 5.41) is 2.71. The number of aromatic nitrogens is 2. The molecule has 0 aromatic carbocycles. The number of rotatable bonds is 1. The molecule has 5 nitrogen and oxygen atoms in total. The molecule has 0 saturated heterocycles. The molecule has 1 rings (SSSR count). The maximum absolute atomic E-state index is 11.5. The summed E-state index contributed by atoms with van der Waals surface area (Å²) >= 11 is 5.82. The summed E-state index contributed by atoms with van der Waals surface area (Å²) in [7, 11) is 0. The van der Waals surface area contributed by atoms with Gasteiger partial charge in [0.2, 0.25) is 0 Å². The molecule has 16 heavy (non-hydrogen) atoms. The fourth-order valence-corrected chi connectivity index (χ4v) is 1.22. The van der Waals surface area contributed by atoms with Crippen molar-refractivity contribution in [3.8, 4) is 0 Å². The summed E-state index contributed by atoms with van der Waals surface area (Å²) < 4.78 is 5.09. The van der Waals surface area contributed by atoms with Crippen molar-refractivity contribution in [2.45, 2.75) is 33.3 Å². The molecule has 1 N–H and O–H groups in total. The Kier molecular flexibility index (Phi) is 3.70. The summed E-state index contributed by atoms with van der Waals surface area (Å²) in [6, 6.07) is 0. The van der Waals surface area contributed by atoms with E-state index in [0.717, 1.165) is 0 Å². The van der Waals surface area contributed by atoms with Gasteiger partial charge in [0.15, 0.2) is 5.15 Å². The third-order valence-electron chi connectivity index (χ3n) is 1.62. The lowest BCUT2D eigenvalue weighted by atomic mass is 10.2. The van der Waals surface area contributed by atoms with E-state index in [-0.39, 0.29) is 5.15 Å². The van der Waals surface area contributed by atoms with Crippen LogP contribution in [-0.4, -0.2) is 21.7 Å². The van der Waals surface area contributed by atoms with E-state index in [1.165, 1.54) is 6.33 Å². The maximum Gasteiger partial charge on any atom is 0.412 e. The van der Waals surface area contributed by atoms with Gasteiger partial charge in [0.05, 0.1) is 5.69 Å². The van der Waals surface area contributed by atoms with E-state index in [0.29, 0.717) is 11.4 Å². The van der Waals surface area contributed by atoms with Crippen LogP contribution in [0.15, 0.2) is 6.33 Å². The lowest BCUT2D eigenvalue weighted by Gasteiger charge is -2.20. The average Bonchev–Trinajstić information content (AvgIpc) is 2.08. The molecular formula is C10H14ClN3O2. The van der Waals surface area contributed by atoms with Crippen LogP contribution in [-0.2, 0) is 4.74 Å². The molecule has 0 aliphatic heterocycles. The molecule has 0 saturated carbocycles. The van der Waals surface area contributed by atoms with Gasteiger partial charge >= 0.3 is 6.09 Å². The fourth-order valence-electron chi connectivity index (χ4n) is 0.992. The van der Waals surface area contributed by atoms with E-state index in [1.54, 1.807) is 27.7 Å². The monoisotopic (exact) mass is 243 g/mol. The Morgan fingerprint density at radius 2 is 2.06 bits per heavy atom. The van der Waals surface area contributed by atoms with Crippen molar-refractivity contribution in [2.75, 3.05) is 5.32 Å². The van der Waals surface area contributed by atoms with Crippen LogP contribution in [0, 0.1) is 6.92 Å². The van der Waals surface area contributed by atoms with Crippen LogP contribution in [0.25, 0.3) is 0 Å². The highest BCUT2D eigenvalue weighted by Gasteiger charge is 2.18. The second kappa shape index (κ2) is 4.65. The Morgan fingerprint density at radius 3 is 2.56 bits per heavy atom. The molecule has 1 aromatic rings. The third-order valence-corrected chi connectivity index (χ3v) is 1.90. The van der Waals surface area contributed by atoms with Crippen LogP contribution in [0.4, 0.5) is 10.5 Å². The minimum absolute atomic E-state index is 0.193. The number of carbonyl (C=O) groups excluding carboxylic acids is 1. The van der Waals surface area contributed by atoms with Crippen LogP contribution in [0.2, 0.25) is 5.15 Å². The smallest absolute Gasteiger partial charge is 0.412 e. The summed E-state index contributed by atoms with van der Waals surface area (Å²) in [5.74, 6) is 0. The van der Waals surface area contributed by atoms with Crippen LogP contribution < -0.4 is 5.32 Å². The van der Waals surface area contributed by atoms with Gasteiger partial charge in [0, 0.05) is 0 Å². The highest BCUT2D eigenvalue weighted by Crippen LogP contribution is 2.21. The average molecular weight is 244 g/mol. The molecule has 0 atom stereocenters. The number of anilines is 1. The molecular weight excluding hydrogens is 230 g/mol. The Bertz CT molecular complexity index is 381. The van der Waals surface area contributed by atoms with Crippen molar-refractivity contribution in [1.29, 1.82) is 0 Å². The molecule has 0 radical (unpaired) electrons. The zero-order valence-electron chi connectivity index (χ0n) is 9.67. The molecule has 1 amide bonds. The predicted molar refractivity (Wildman–Crippen MR) is 61.6 cm³/mol. The first-order valence-corrected chi connectivity index (χ1v) is 5.14. The zero-order chi connectivity index (χ0) is 12.3. The van der Waals surface area contributed by atoms with Crippen LogP contribution in [0.5, 0.6) is 0 Å². The van der Waals surface area contributed by atoms with E-state index in [2.05, 4.69) is 15.3 Å². The Hall–Kier alpha value is -1.36. The largest absolute Gasteiger partial charge is 0.444 e. The first kappa shape index (κ1) is 12.7. The van der Waals surface area contributed by atoms with E-state index < -0.39 is 11.7 Å². The summed E-state index contributed by atoms with van der Waals surface area (Å²) in [6.07, 6.45) is 0.755. The second-order valence-electron chi connectivity index (χ2n) is 4.25. The number of carbonyl (C=O) groups is 1. The molecule has 0 fully saturated rings. The maximum atomic E-state index is 11.5. The molecule has 6 heteroatoms. The summed E-state index contributed by atoms with van der Waals surface area (Å²) in [5.41, 5.74) is 0.407. The normalized spacial score (nSPS) is 11.1. The number of ether oxygens (including phenoxy) is 1. The topological polar surface area (TPSA) is 64.1 Å². The number of nitrogens with one attached hydrogen (secondary N) is 1. The Labute approximate surface area is 99.2 Å². The van der Waals surface area contributed by atoms with E-state index in [9.17, 15) is 4.79 Å². The van der Waals surface area contributed by atoms with Gasteiger partial charge in [-0.15, -0.1) is 0 Å². The quantitative estimate of drug-likeness (QED) is 0.771. The standard InChI is InChI=1S/C10H14ClN3O2/c1-6-7(8(11)13-5-12-6)14-9(15)16-10(2,3)4/h5H,1-4H3,(H,14,15). The van der Waals surface area contributed by atoms with Crippen molar-refractivity contribution in [3.63, 3.8) is 0 Å². The minimum atomic E-state index is -0.577. The van der Waals surface area contributed by atoms with Crippen LogP contribution in [0.3, 0.4) is 0 Å². The zero-order valence-corrected chi connectivity index (χ0v) is 10.4. The van der Waals surface area contributed by atoms with Crippen LogP contribution in [0.1, 0.15) is 26.5 Å². The summed E-state index contributed by atoms with van der Waals surface area (Å²) in [6.45, 7) is 7.06. The highest BCUT2D eigenvalue weighted by molar-refractivity contribution is 6.32. The molecule has 1 aromatic heterocycles. The van der Waals surface area contributed by atoms with Crippen LogP contribution >= 0.6 is 11.6 Å².